The molecule has 1 aromatic rings. The molecule has 0 amide bonds. The lowest BCUT2D eigenvalue weighted by atomic mass is 10.2. The predicted molar refractivity (Wildman–Crippen MR) is 102 cm³/mol. The van der Waals surface area contributed by atoms with Gasteiger partial charge < -0.3 is 15.4 Å². The van der Waals surface area contributed by atoms with Gasteiger partial charge in [-0.3, -0.25) is 4.99 Å². The van der Waals surface area contributed by atoms with E-state index in [2.05, 4.69) is 33.5 Å². The highest BCUT2D eigenvalue weighted by Crippen LogP contribution is 2.25. The van der Waals surface area contributed by atoms with Gasteiger partial charge in [0.15, 0.2) is 5.96 Å². The Hall–Kier alpha value is -0.630. The lowest BCUT2D eigenvalue weighted by Gasteiger charge is -2.15. The molecule has 0 bridgehead atoms. The van der Waals surface area contributed by atoms with Crippen LogP contribution in [0.3, 0.4) is 0 Å². The molecule has 0 saturated carbocycles. The highest BCUT2D eigenvalue weighted by Gasteiger charge is 2.15. The molecule has 1 aromatic carbocycles. The van der Waals surface area contributed by atoms with E-state index in [-0.39, 0.29) is 24.0 Å². The first-order valence-corrected chi connectivity index (χ1v) is 8.05. The van der Waals surface area contributed by atoms with Crippen LogP contribution in [0.5, 0.6) is 5.75 Å². The summed E-state index contributed by atoms with van der Waals surface area (Å²) in [5.41, 5.74) is 1.18. The SMILES string of the molecule is CN=C(NCc1cccc(OC)c1)NCC1CCCS1.I. The molecule has 0 radical (unpaired) electrons. The van der Waals surface area contributed by atoms with E-state index in [4.69, 9.17) is 4.74 Å². The van der Waals surface area contributed by atoms with Gasteiger partial charge in [0.05, 0.1) is 7.11 Å². The number of nitrogens with one attached hydrogen (secondary N) is 2. The maximum Gasteiger partial charge on any atom is 0.191 e. The highest BCUT2D eigenvalue weighted by atomic mass is 127. The van der Waals surface area contributed by atoms with E-state index in [0.717, 1.165) is 30.0 Å². The summed E-state index contributed by atoms with van der Waals surface area (Å²) in [6.07, 6.45) is 2.65. The third-order valence-corrected chi connectivity index (χ3v) is 4.74. The van der Waals surface area contributed by atoms with Crippen molar-refractivity contribution in [2.75, 3.05) is 26.5 Å². The summed E-state index contributed by atoms with van der Waals surface area (Å²) in [6.45, 7) is 1.73. The number of methoxy groups -OCH3 is 1. The number of hydrogen-bond acceptors (Lipinski definition) is 3. The molecule has 0 aliphatic carbocycles. The average Bonchev–Trinajstić information content (AvgIpc) is 3.01. The Morgan fingerprint density at radius 1 is 1.43 bits per heavy atom. The molecular formula is C15H24IN3OS. The van der Waals surface area contributed by atoms with Gasteiger partial charge in [0.25, 0.3) is 0 Å². The first-order valence-electron chi connectivity index (χ1n) is 7.01. The normalized spacial score (nSPS) is 18.0. The molecule has 6 heteroatoms. The number of thioether (sulfide) groups is 1. The van der Waals surface area contributed by atoms with Gasteiger partial charge in [-0.05, 0) is 36.3 Å². The van der Waals surface area contributed by atoms with Gasteiger partial charge in [0, 0.05) is 25.4 Å². The topological polar surface area (TPSA) is 45.7 Å². The summed E-state index contributed by atoms with van der Waals surface area (Å²) in [7, 11) is 3.50. The Morgan fingerprint density at radius 2 is 2.29 bits per heavy atom. The minimum atomic E-state index is 0. The molecule has 0 aromatic heterocycles. The first kappa shape index (κ1) is 18.4. The number of nitrogens with zero attached hydrogens (tertiary/aromatic N) is 1. The molecule has 1 aliphatic rings. The van der Waals surface area contributed by atoms with Crippen molar-refractivity contribution in [2.24, 2.45) is 4.99 Å². The minimum absolute atomic E-state index is 0. The van der Waals surface area contributed by atoms with Crippen molar-refractivity contribution in [1.82, 2.24) is 10.6 Å². The molecule has 21 heavy (non-hydrogen) atoms. The van der Waals surface area contributed by atoms with Crippen LogP contribution >= 0.6 is 35.7 Å². The van der Waals surface area contributed by atoms with Gasteiger partial charge >= 0.3 is 0 Å². The first-order chi connectivity index (χ1) is 9.81. The van der Waals surface area contributed by atoms with Crippen LogP contribution in [0.2, 0.25) is 0 Å². The molecular weight excluding hydrogens is 397 g/mol. The molecule has 1 saturated heterocycles. The fourth-order valence-electron chi connectivity index (χ4n) is 2.20. The summed E-state index contributed by atoms with van der Waals surface area (Å²) in [5, 5.41) is 7.46. The Bertz CT molecular complexity index is 450. The quantitative estimate of drug-likeness (QED) is 0.436. The van der Waals surface area contributed by atoms with E-state index < -0.39 is 0 Å². The van der Waals surface area contributed by atoms with Gasteiger partial charge in [0.2, 0.25) is 0 Å². The second-order valence-corrected chi connectivity index (χ2v) is 6.20. The van der Waals surface area contributed by atoms with Crippen LogP contribution in [0.1, 0.15) is 18.4 Å². The molecule has 1 unspecified atom stereocenters. The minimum Gasteiger partial charge on any atom is -0.497 e. The summed E-state index contributed by atoms with van der Waals surface area (Å²) in [6, 6.07) is 8.07. The molecule has 1 heterocycles. The van der Waals surface area contributed by atoms with Crippen molar-refractivity contribution in [1.29, 1.82) is 0 Å². The number of aliphatic imine (C=N–C) groups is 1. The van der Waals surface area contributed by atoms with Gasteiger partial charge in [-0.1, -0.05) is 12.1 Å². The number of hydrogen-bond donors (Lipinski definition) is 2. The third-order valence-electron chi connectivity index (χ3n) is 3.34. The van der Waals surface area contributed by atoms with Crippen LogP contribution in [0.15, 0.2) is 29.3 Å². The zero-order valence-corrected chi connectivity index (χ0v) is 15.7. The van der Waals surface area contributed by atoms with E-state index in [1.165, 1.54) is 24.2 Å². The Balaban J connectivity index is 0.00000220. The fraction of sp³-hybridized carbons (Fsp3) is 0.533. The number of rotatable bonds is 5. The van der Waals surface area contributed by atoms with Crippen LogP contribution in [-0.2, 0) is 6.54 Å². The van der Waals surface area contributed by atoms with Crippen LogP contribution in [0, 0.1) is 0 Å². The van der Waals surface area contributed by atoms with Crippen LogP contribution in [0.25, 0.3) is 0 Å². The largest absolute Gasteiger partial charge is 0.497 e. The van der Waals surface area contributed by atoms with E-state index in [1.54, 1.807) is 7.11 Å². The molecule has 118 valence electrons. The summed E-state index contributed by atoms with van der Waals surface area (Å²) < 4.78 is 5.23. The van der Waals surface area contributed by atoms with E-state index in [1.807, 2.05) is 25.2 Å². The Kier molecular flexibility index (Phi) is 8.91. The van der Waals surface area contributed by atoms with Gasteiger partial charge in [-0.25, -0.2) is 0 Å². The lowest BCUT2D eigenvalue weighted by molar-refractivity contribution is 0.414. The summed E-state index contributed by atoms with van der Waals surface area (Å²) in [4.78, 5) is 4.26. The number of guanidine groups is 1. The maximum atomic E-state index is 5.23. The van der Waals surface area contributed by atoms with Crippen LogP contribution in [0.4, 0.5) is 0 Å². The summed E-state index contributed by atoms with van der Waals surface area (Å²) >= 11 is 2.05. The molecule has 1 fully saturated rings. The molecule has 2 rings (SSSR count). The predicted octanol–water partition coefficient (Wildman–Crippen LogP) is 2.87. The zero-order chi connectivity index (χ0) is 14.2. The van der Waals surface area contributed by atoms with Crippen molar-refractivity contribution >= 4 is 41.7 Å². The molecule has 1 atom stereocenters. The number of ether oxygens (including phenoxy) is 1. The molecule has 4 nitrogen and oxygen atoms in total. The van der Waals surface area contributed by atoms with Crippen molar-refractivity contribution in [3.63, 3.8) is 0 Å². The fourth-order valence-corrected chi connectivity index (χ4v) is 3.41. The Morgan fingerprint density at radius 3 is 2.95 bits per heavy atom. The Labute approximate surface area is 148 Å². The third kappa shape index (κ3) is 6.34. The molecule has 0 spiro atoms. The lowest BCUT2D eigenvalue weighted by Crippen LogP contribution is -2.39. The number of benzene rings is 1. The van der Waals surface area contributed by atoms with Gasteiger partial charge in [0.1, 0.15) is 5.75 Å². The maximum absolute atomic E-state index is 5.23. The second-order valence-electron chi connectivity index (χ2n) is 4.79. The van der Waals surface area contributed by atoms with Crippen molar-refractivity contribution < 1.29 is 4.74 Å². The monoisotopic (exact) mass is 421 g/mol. The van der Waals surface area contributed by atoms with Crippen molar-refractivity contribution in [3.8, 4) is 5.75 Å². The highest BCUT2D eigenvalue weighted by molar-refractivity contribution is 14.0. The van der Waals surface area contributed by atoms with Crippen molar-refractivity contribution in [2.45, 2.75) is 24.6 Å². The van der Waals surface area contributed by atoms with Gasteiger partial charge in [-0.15, -0.1) is 24.0 Å². The zero-order valence-electron chi connectivity index (χ0n) is 12.6. The van der Waals surface area contributed by atoms with Crippen molar-refractivity contribution in [3.05, 3.63) is 29.8 Å². The van der Waals surface area contributed by atoms with E-state index in [0.29, 0.717) is 0 Å². The van der Waals surface area contributed by atoms with Gasteiger partial charge in [-0.2, -0.15) is 11.8 Å². The average molecular weight is 421 g/mol. The second kappa shape index (κ2) is 10.2. The van der Waals surface area contributed by atoms with E-state index in [9.17, 15) is 0 Å². The smallest absolute Gasteiger partial charge is 0.191 e. The van der Waals surface area contributed by atoms with E-state index >= 15 is 0 Å². The molecule has 2 N–H and O–H groups in total. The van der Waals surface area contributed by atoms with Crippen LogP contribution in [-0.4, -0.2) is 37.7 Å². The van der Waals surface area contributed by atoms with Crippen LogP contribution < -0.4 is 15.4 Å². The molecule has 1 aliphatic heterocycles. The number of halogens is 1. The standard InChI is InChI=1S/C15H23N3OS.HI/c1-16-15(18-11-14-7-4-8-20-14)17-10-12-5-3-6-13(9-12)19-2;/h3,5-6,9,14H,4,7-8,10-11H2,1-2H3,(H2,16,17,18);1H. The summed E-state index contributed by atoms with van der Waals surface area (Å²) in [5.74, 6) is 3.04.